The average Bonchev–Trinajstić information content (AvgIpc) is 3.33. The Bertz CT molecular complexity index is 1360. The Balaban J connectivity index is 2.01. The van der Waals surface area contributed by atoms with Crippen LogP contribution in [0.1, 0.15) is 11.1 Å². The van der Waals surface area contributed by atoms with Gasteiger partial charge in [-0.3, -0.25) is 9.59 Å². The van der Waals surface area contributed by atoms with Gasteiger partial charge in [0.25, 0.3) is 0 Å². The van der Waals surface area contributed by atoms with Gasteiger partial charge in [-0.15, -0.1) is 0 Å². The Morgan fingerprint density at radius 2 is 1.66 bits per heavy atom. The molecule has 0 spiro atoms. The van der Waals surface area contributed by atoms with Gasteiger partial charge in [0.15, 0.2) is 11.5 Å². The second kappa shape index (κ2) is 7.91. The minimum absolute atomic E-state index is 0.00616. The standard InChI is InChI=1S/C22H22N4O6/c23-13(21(29)30)5-9-8-25-19-17(9)12(7-16(27)20(19)28)18-11(6-14(24)22(31)32)10-3-1-2-4-15(10)26-18/h1-4,7-8,13-14,25-28H,5-6,23-24H2,(H,29,30)(H,31,32)/t13-,14-/m0/s1. The van der Waals surface area contributed by atoms with Crippen LogP contribution in [0.2, 0.25) is 0 Å². The molecule has 0 aliphatic rings. The fourth-order valence-corrected chi connectivity index (χ4v) is 4.00. The van der Waals surface area contributed by atoms with Crippen molar-refractivity contribution in [3.63, 3.8) is 0 Å². The third-order valence-corrected chi connectivity index (χ3v) is 5.57. The average molecular weight is 438 g/mol. The van der Waals surface area contributed by atoms with Crippen molar-refractivity contribution in [1.82, 2.24) is 9.97 Å². The summed E-state index contributed by atoms with van der Waals surface area (Å²) in [5, 5.41) is 40.5. The molecule has 0 aliphatic heterocycles. The molecule has 32 heavy (non-hydrogen) atoms. The van der Waals surface area contributed by atoms with Crippen molar-refractivity contribution < 1.29 is 30.0 Å². The minimum atomic E-state index is -1.18. The molecule has 0 amide bonds. The highest BCUT2D eigenvalue weighted by molar-refractivity contribution is 6.05. The van der Waals surface area contributed by atoms with Gasteiger partial charge in [-0.05, 0) is 23.3 Å². The third-order valence-electron chi connectivity index (χ3n) is 5.57. The second-order valence-electron chi connectivity index (χ2n) is 7.68. The quantitative estimate of drug-likeness (QED) is 0.199. The van der Waals surface area contributed by atoms with Crippen LogP contribution in [0, 0.1) is 0 Å². The maximum absolute atomic E-state index is 11.4. The molecule has 0 unspecified atom stereocenters. The lowest BCUT2D eigenvalue weighted by molar-refractivity contribution is -0.139. The number of carbonyl (C=O) groups is 2. The number of carboxylic acid groups (broad SMARTS) is 2. The molecule has 2 atom stereocenters. The summed E-state index contributed by atoms with van der Waals surface area (Å²) in [4.78, 5) is 28.9. The molecule has 0 saturated carbocycles. The Kier molecular flexibility index (Phi) is 5.25. The summed E-state index contributed by atoms with van der Waals surface area (Å²) < 4.78 is 0. The number of hydrogen-bond donors (Lipinski definition) is 8. The molecule has 0 aliphatic carbocycles. The second-order valence-corrected chi connectivity index (χ2v) is 7.68. The van der Waals surface area contributed by atoms with Gasteiger partial charge in [-0.1, -0.05) is 18.2 Å². The predicted octanol–water partition coefficient (Wildman–Crippen LogP) is 1.64. The van der Waals surface area contributed by atoms with Gasteiger partial charge >= 0.3 is 11.9 Å². The van der Waals surface area contributed by atoms with Crippen LogP contribution in [0.5, 0.6) is 11.5 Å². The minimum Gasteiger partial charge on any atom is -0.504 e. The van der Waals surface area contributed by atoms with Crippen LogP contribution in [0.25, 0.3) is 33.1 Å². The maximum Gasteiger partial charge on any atom is 0.320 e. The lowest BCUT2D eigenvalue weighted by Crippen LogP contribution is -2.32. The Hall–Kier alpha value is -4.02. The zero-order valence-electron chi connectivity index (χ0n) is 16.8. The third kappa shape index (κ3) is 3.51. The van der Waals surface area contributed by atoms with E-state index in [0.29, 0.717) is 27.8 Å². The van der Waals surface area contributed by atoms with Crippen LogP contribution in [0.15, 0.2) is 36.5 Å². The van der Waals surface area contributed by atoms with E-state index in [1.807, 2.05) is 24.3 Å². The monoisotopic (exact) mass is 438 g/mol. The van der Waals surface area contributed by atoms with Crippen LogP contribution >= 0.6 is 0 Å². The molecule has 4 aromatic rings. The largest absolute Gasteiger partial charge is 0.504 e. The molecule has 10 N–H and O–H groups in total. The van der Waals surface area contributed by atoms with Gasteiger partial charge in [0.1, 0.15) is 12.1 Å². The van der Waals surface area contributed by atoms with Crippen LogP contribution < -0.4 is 11.5 Å². The van der Waals surface area contributed by atoms with E-state index in [-0.39, 0.29) is 18.4 Å². The summed E-state index contributed by atoms with van der Waals surface area (Å²) >= 11 is 0. The lowest BCUT2D eigenvalue weighted by Gasteiger charge is -2.13. The number of hydrogen-bond acceptors (Lipinski definition) is 6. The number of nitrogens with one attached hydrogen (secondary N) is 2. The predicted molar refractivity (Wildman–Crippen MR) is 118 cm³/mol. The number of H-pyrrole nitrogens is 2. The van der Waals surface area contributed by atoms with Crippen molar-refractivity contribution in [1.29, 1.82) is 0 Å². The zero-order valence-corrected chi connectivity index (χ0v) is 16.8. The summed E-state index contributed by atoms with van der Waals surface area (Å²) in [5.74, 6) is -3.12. The van der Waals surface area contributed by atoms with Crippen molar-refractivity contribution in [3.05, 3.63) is 47.7 Å². The Morgan fingerprint density at radius 3 is 2.34 bits per heavy atom. The molecular weight excluding hydrogens is 416 g/mol. The molecule has 10 nitrogen and oxygen atoms in total. The molecular formula is C22H22N4O6. The molecule has 0 fully saturated rings. The van der Waals surface area contributed by atoms with Crippen molar-refractivity contribution >= 4 is 33.7 Å². The topological polar surface area (TPSA) is 199 Å². The number of aromatic hydroxyl groups is 2. The first kappa shape index (κ1) is 21.2. The van der Waals surface area contributed by atoms with E-state index in [1.165, 1.54) is 12.3 Å². The van der Waals surface area contributed by atoms with E-state index in [9.17, 15) is 30.0 Å². The number of nitrogens with two attached hydrogens (primary N) is 2. The number of rotatable bonds is 7. The molecule has 0 bridgehead atoms. The molecule has 0 saturated heterocycles. The van der Waals surface area contributed by atoms with Gasteiger partial charge in [0, 0.05) is 40.9 Å². The molecule has 0 radical (unpaired) electrons. The molecule has 4 rings (SSSR count). The first-order valence-electron chi connectivity index (χ1n) is 9.80. The number of aliphatic carboxylic acids is 2. The molecule has 2 heterocycles. The van der Waals surface area contributed by atoms with Gasteiger partial charge in [-0.2, -0.15) is 0 Å². The molecule has 166 valence electrons. The first-order valence-corrected chi connectivity index (χ1v) is 9.80. The van der Waals surface area contributed by atoms with Crippen molar-refractivity contribution in [2.75, 3.05) is 0 Å². The van der Waals surface area contributed by atoms with E-state index < -0.39 is 35.5 Å². The summed E-state index contributed by atoms with van der Waals surface area (Å²) in [6, 6.07) is 6.29. The number of carboxylic acids is 2. The van der Waals surface area contributed by atoms with E-state index in [4.69, 9.17) is 11.5 Å². The summed E-state index contributed by atoms with van der Waals surface area (Å²) in [7, 11) is 0. The highest BCUT2D eigenvalue weighted by atomic mass is 16.4. The van der Waals surface area contributed by atoms with E-state index >= 15 is 0 Å². The number of para-hydroxylation sites is 1. The van der Waals surface area contributed by atoms with E-state index in [0.717, 1.165) is 10.9 Å². The fraction of sp³-hybridized carbons (Fsp3) is 0.182. The molecule has 2 aromatic heterocycles. The highest BCUT2D eigenvalue weighted by Crippen LogP contribution is 2.44. The SMILES string of the molecule is N[C@@H](Cc1c(-c2cc(O)c(O)c3[nH]cc(C[C@H](N)C(=O)O)c23)[nH]c2ccccc12)C(=O)O. The number of aromatic amines is 2. The number of phenolic OH excluding ortho intramolecular Hbond substituents is 2. The van der Waals surface area contributed by atoms with Crippen molar-refractivity contribution in [3.8, 4) is 22.8 Å². The summed E-state index contributed by atoms with van der Waals surface area (Å²) in [5.41, 5.74) is 14.6. The van der Waals surface area contributed by atoms with Gasteiger partial charge in [0.2, 0.25) is 0 Å². The van der Waals surface area contributed by atoms with Crippen molar-refractivity contribution in [2.24, 2.45) is 11.5 Å². The molecule has 2 aromatic carbocycles. The van der Waals surface area contributed by atoms with Crippen LogP contribution in [0.4, 0.5) is 0 Å². The van der Waals surface area contributed by atoms with Gasteiger partial charge in [0.05, 0.1) is 11.2 Å². The fourth-order valence-electron chi connectivity index (χ4n) is 4.00. The van der Waals surface area contributed by atoms with Crippen molar-refractivity contribution in [2.45, 2.75) is 24.9 Å². The van der Waals surface area contributed by atoms with Gasteiger partial charge < -0.3 is 41.9 Å². The van der Waals surface area contributed by atoms with Crippen LogP contribution in [-0.4, -0.2) is 54.4 Å². The van der Waals surface area contributed by atoms with E-state index in [1.54, 1.807) is 0 Å². The summed E-state index contributed by atoms with van der Waals surface area (Å²) in [6.45, 7) is 0. The zero-order chi connectivity index (χ0) is 23.2. The number of benzene rings is 2. The normalized spacial score (nSPS) is 13.4. The number of fused-ring (bicyclic) bond motifs is 2. The smallest absolute Gasteiger partial charge is 0.320 e. The van der Waals surface area contributed by atoms with Gasteiger partial charge in [-0.25, -0.2) is 0 Å². The highest BCUT2D eigenvalue weighted by Gasteiger charge is 2.25. The summed E-state index contributed by atoms with van der Waals surface area (Å²) in [6.07, 6.45) is 1.50. The van der Waals surface area contributed by atoms with Crippen LogP contribution in [-0.2, 0) is 22.4 Å². The first-order chi connectivity index (χ1) is 15.2. The van der Waals surface area contributed by atoms with E-state index in [2.05, 4.69) is 9.97 Å². The lowest BCUT2D eigenvalue weighted by atomic mass is 9.94. The number of phenols is 2. The number of aromatic nitrogens is 2. The molecule has 10 heteroatoms. The Morgan fingerprint density at radius 1 is 1.00 bits per heavy atom. The Labute approximate surface area is 181 Å². The van der Waals surface area contributed by atoms with Crippen LogP contribution in [0.3, 0.4) is 0 Å². The maximum atomic E-state index is 11.4.